The smallest absolute Gasteiger partial charge is 0.0515 e. The van der Waals surface area contributed by atoms with E-state index in [-0.39, 0.29) is 18.6 Å². The van der Waals surface area contributed by atoms with Gasteiger partial charge < -0.3 is 10.2 Å². The van der Waals surface area contributed by atoms with E-state index in [0.29, 0.717) is 5.92 Å². The summed E-state index contributed by atoms with van der Waals surface area (Å²) in [5.74, 6) is 0.461. The monoisotopic (exact) mass is 198 g/mol. The molecule has 0 heterocycles. The molecule has 0 saturated heterocycles. The highest BCUT2D eigenvalue weighted by atomic mass is 16.3. The molecule has 1 aliphatic rings. The zero-order chi connectivity index (χ0) is 10.4. The van der Waals surface area contributed by atoms with Crippen molar-refractivity contribution in [3.8, 4) is 0 Å². The minimum atomic E-state index is -0.246. The van der Waals surface area contributed by atoms with Crippen molar-refractivity contribution in [1.29, 1.82) is 0 Å². The maximum absolute atomic E-state index is 9.42. The second kappa shape index (κ2) is 5.52. The van der Waals surface area contributed by atoms with Crippen LogP contribution in [0.3, 0.4) is 0 Å². The van der Waals surface area contributed by atoms with Crippen molar-refractivity contribution in [2.24, 2.45) is 11.3 Å². The molecule has 0 aliphatic heterocycles. The third-order valence-electron chi connectivity index (χ3n) is 3.51. The molecule has 1 unspecified atom stereocenters. The Balaban J connectivity index is 2.63. The van der Waals surface area contributed by atoms with Crippen LogP contribution in [0.2, 0.25) is 0 Å². The SMILES string of the molecule is CCCCC1CC=CCC1(CO)CO. The van der Waals surface area contributed by atoms with Crippen LogP contribution in [0.25, 0.3) is 0 Å². The van der Waals surface area contributed by atoms with Gasteiger partial charge in [-0.25, -0.2) is 0 Å². The van der Waals surface area contributed by atoms with Gasteiger partial charge in [-0.3, -0.25) is 0 Å². The van der Waals surface area contributed by atoms with E-state index in [4.69, 9.17) is 0 Å². The van der Waals surface area contributed by atoms with Gasteiger partial charge in [0.25, 0.3) is 0 Å². The number of hydrogen-bond donors (Lipinski definition) is 2. The number of allylic oxidation sites excluding steroid dienone is 2. The Morgan fingerprint density at radius 1 is 1.29 bits per heavy atom. The number of rotatable bonds is 5. The highest BCUT2D eigenvalue weighted by molar-refractivity contribution is 5.02. The van der Waals surface area contributed by atoms with Crippen molar-refractivity contribution in [1.82, 2.24) is 0 Å². The Kier molecular flexibility index (Phi) is 4.63. The topological polar surface area (TPSA) is 40.5 Å². The Labute approximate surface area is 86.6 Å². The standard InChI is InChI=1S/C12H22O2/c1-2-3-6-11-7-4-5-8-12(11,9-13)10-14/h4-5,11,13-14H,2-3,6-10H2,1H3. The number of hydrogen-bond acceptors (Lipinski definition) is 2. The molecule has 1 atom stereocenters. The molecule has 0 aromatic rings. The summed E-state index contributed by atoms with van der Waals surface area (Å²) in [6, 6.07) is 0. The molecule has 2 heteroatoms. The van der Waals surface area contributed by atoms with Crippen LogP contribution in [0.1, 0.15) is 39.0 Å². The number of aliphatic hydroxyl groups is 2. The molecular weight excluding hydrogens is 176 g/mol. The first-order chi connectivity index (χ1) is 6.79. The van der Waals surface area contributed by atoms with Gasteiger partial charge in [-0.2, -0.15) is 0 Å². The lowest BCUT2D eigenvalue weighted by Gasteiger charge is -2.39. The minimum absolute atomic E-state index is 0.113. The zero-order valence-corrected chi connectivity index (χ0v) is 9.08. The summed E-state index contributed by atoms with van der Waals surface area (Å²) in [6.07, 6.45) is 9.63. The van der Waals surface area contributed by atoms with Crippen molar-refractivity contribution in [2.75, 3.05) is 13.2 Å². The average Bonchev–Trinajstić information content (AvgIpc) is 2.26. The van der Waals surface area contributed by atoms with Crippen LogP contribution in [-0.4, -0.2) is 23.4 Å². The fraction of sp³-hybridized carbons (Fsp3) is 0.833. The van der Waals surface area contributed by atoms with Crippen molar-refractivity contribution in [3.05, 3.63) is 12.2 Å². The van der Waals surface area contributed by atoms with E-state index in [1.807, 2.05) is 0 Å². The quantitative estimate of drug-likeness (QED) is 0.664. The molecule has 0 radical (unpaired) electrons. The maximum Gasteiger partial charge on any atom is 0.0515 e. The lowest BCUT2D eigenvalue weighted by atomic mass is 9.68. The Bertz CT molecular complexity index is 183. The Morgan fingerprint density at radius 3 is 2.57 bits per heavy atom. The number of aliphatic hydroxyl groups excluding tert-OH is 2. The fourth-order valence-electron chi connectivity index (χ4n) is 2.31. The molecule has 82 valence electrons. The molecule has 0 aromatic heterocycles. The summed E-state index contributed by atoms with van der Waals surface area (Å²) < 4.78 is 0. The highest BCUT2D eigenvalue weighted by Crippen LogP contribution is 2.40. The molecule has 2 nitrogen and oxygen atoms in total. The van der Waals surface area contributed by atoms with Crippen molar-refractivity contribution < 1.29 is 10.2 Å². The van der Waals surface area contributed by atoms with Crippen LogP contribution in [-0.2, 0) is 0 Å². The van der Waals surface area contributed by atoms with Crippen molar-refractivity contribution in [2.45, 2.75) is 39.0 Å². The van der Waals surface area contributed by atoms with Crippen molar-refractivity contribution >= 4 is 0 Å². The van der Waals surface area contributed by atoms with Gasteiger partial charge in [0.1, 0.15) is 0 Å². The number of unbranched alkanes of at least 4 members (excludes halogenated alkanes) is 1. The molecule has 0 spiro atoms. The third kappa shape index (κ3) is 2.37. The molecule has 0 amide bonds. The van der Waals surface area contributed by atoms with E-state index < -0.39 is 0 Å². The molecule has 0 fully saturated rings. The van der Waals surface area contributed by atoms with Gasteiger partial charge in [-0.1, -0.05) is 31.9 Å². The van der Waals surface area contributed by atoms with E-state index in [9.17, 15) is 10.2 Å². The van der Waals surface area contributed by atoms with Gasteiger partial charge in [0, 0.05) is 5.41 Å². The van der Waals surface area contributed by atoms with Gasteiger partial charge in [0.2, 0.25) is 0 Å². The van der Waals surface area contributed by atoms with E-state index in [1.54, 1.807) is 0 Å². The molecule has 0 saturated carbocycles. The summed E-state index contributed by atoms with van der Waals surface area (Å²) in [4.78, 5) is 0. The van der Waals surface area contributed by atoms with E-state index in [2.05, 4.69) is 19.1 Å². The molecular formula is C12H22O2. The molecule has 0 bridgehead atoms. The fourth-order valence-corrected chi connectivity index (χ4v) is 2.31. The predicted molar refractivity (Wildman–Crippen MR) is 58.0 cm³/mol. The first kappa shape index (κ1) is 11.7. The normalized spacial score (nSPS) is 25.2. The molecule has 1 aliphatic carbocycles. The van der Waals surface area contributed by atoms with Gasteiger partial charge in [0.05, 0.1) is 13.2 Å². The second-order valence-corrected chi connectivity index (χ2v) is 4.43. The molecule has 1 rings (SSSR count). The summed E-state index contributed by atoms with van der Waals surface area (Å²) >= 11 is 0. The molecule has 14 heavy (non-hydrogen) atoms. The van der Waals surface area contributed by atoms with Gasteiger partial charge in [-0.05, 0) is 25.2 Å². The third-order valence-corrected chi connectivity index (χ3v) is 3.51. The Morgan fingerprint density at radius 2 is 2.00 bits per heavy atom. The van der Waals surface area contributed by atoms with Crippen molar-refractivity contribution in [3.63, 3.8) is 0 Å². The molecule has 0 aromatic carbocycles. The highest BCUT2D eigenvalue weighted by Gasteiger charge is 2.37. The summed E-state index contributed by atoms with van der Waals surface area (Å²) in [6.45, 7) is 2.41. The van der Waals surface area contributed by atoms with Gasteiger partial charge >= 0.3 is 0 Å². The predicted octanol–water partition coefficient (Wildman–Crippen LogP) is 2.11. The average molecular weight is 198 g/mol. The van der Waals surface area contributed by atoms with Crippen LogP contribution < -0.4 is 0 Å². The van der Waals surface area contributed by atoms with Crippen LogP contribution in [0.15, 0.2) is 12.2 Å². The lowest BCUT2D eigenvalue weighted by molar-refractivity contribution is -0.00169. The largest absolute Gasteiger partial charge is 0.396 e. The van der Waals surface area contributed by atoms with Gasteiger partial charge in [-0.15, -0.1) is 0 Å². The van der Waals surface area contributed by atoms with Crippen LogP contribution >= 0.6 is 0 Å². The van der Waals surface area contributed by atoms with Crippen LogP contribution in [0.5, 0.6) is 0 Å². The Hall–Kier alpha value is -0.340. The zero-order valence-electron chi connectivity index (χ0n) is 9.08. The van der Waals surface area contributed by atoms with E-state index in [0.717, 1.165) is 19.3 Å². The minimum Gasteiger partial charge on any atom is -0.396 e. The van der Waals surface area contributed by atoms with Gasteiger partial charge in [0.15, 0.2) is 0 Å². The summed E-state index contributed by atoms with van der Waals surface area (Å²) in [7, 11) is 0. The second-order valence-electron chi connectivity index (χ2n) is 4.43. The van der Waals surface area contributed by atoms with E-state index >= 15 is 0 Å². The summed E-state index contributed by atoms with van der Waals surface area (Å²) in [5, 5.41) is 18.8. The van der Waals surface area contributed by atoms with Crippen LogP contribution in [0, 0.1) is 11.3 Å². The maximum atomic E-state index is 9.42. The molecule has 2 N–H and O–H groups in total. The van der Waals surface area contributed by atoms with E-state index in [1.165, 1.54) is 12.8 Å². The summed E-state index contributed by atoms with van der Waals surface area (Å²) in [5.41, 5.74) is -0.246. The lowest BCUT2D eigenvalue weighted by Crippen LogP contribution is -2.39. The first-order valence-electron chi connectivity index (χ1n) is 5.66. The first-order valence-corrected chi connectivity index (χ1v) is 5.66. The van der Waals surface area contributed by atoms with Crippen LogP contribution in [0.4, 0.5) is 0 Å².